The molecule has 4 rings (SSSR count). The predicted octanol–water partition coefficient (Wildman–Crippen LogP) is 7.24. The second kappa shape index (κ2) is 7.44. The molecule has 0 fully saturated rings. The Hall–Kier alpha value is -3.74. The van der Waals surface area contributed by atoms with Gasteiger partial charge in [-0.3, -0.25) is 0 Å². The van der Waals surface area contributed by atoms with E-state index in [4.69, 9.17) is 11.1 Å². The smallest absolute Gasteiger partial charge is 0.356 e. The van der Waals surface area contributed by atoms with Crippen molar-refractivity contribution in [1.29, 1.82) is 0 Å². The highest BCUT2D eigenvalue weighted by atomic mass is 19.4. The van der Waals surface area contributed by atoms with Gasteiger partial charge in [0.2, 0.25) is 0 Å². The van der Waals surface area contributed by atoms with Crippen LogP contribution in [0.15, 0.2) is 53.1 Å². The monoisotopic (exact) mass is 449 g/mol. The summed E-state index contributed by atoms with van der Waals surface area (Å²) in [5, 5.41) is 3.76. The van der Waals surface area contributed by atoms with Crippen molar-refractivity contribution in [2.45, 2.75) is 25.8 Å². The van der Waals surface area contributed by atoms with Crippen LogP contribution in [-0.4, -0.2) is 9.72 Å². The molecule has 0 saturated carbocycles. The molecular formula is C22H13F6N3O. The van der Waals surface area contributed by atoms with Crippen LogP contribution in [0.2, 0.25) is 0 Å². The summed E-state index contributed by atoms with van der Waals surface area (Å²) in [7, 11) is 0. The Morgan fingerprint density at radius 2 is 1.75 bits per heavy atom. The lowest BCUT2D eigenvalue weighted by Gasteiger charge is -2.11. The van der Waals surface area contributed by atoms with Crippen molar-refractivity contribution in [3.8, 4) is 11.3 Å². The summed E-state index contributed by atoms with van der Waals surface area (Å²) in [6.45, 7) is 8.69. The van der Waals surface area contributed by atoms with Crippen molar-refractivity contribution in [2.75, 3.05) is 0 Å². The van der Waals surface area contributed by atoms with Crippen molar-refractivity contribution in [3.63, 3.8) is 0 Å². The van der Waals surface area contributed by atoms with Crippen LogP contribution in [0, 0.1) is 13.5 Å². The number of fused-ring (bicyclic) bond motifs is 1. The normalized spacial score (nSPS) is 12.3. The number of aromatic nitrogens is 2. The highest BCUT2D eigenvalue weighted by Gasteiger charge is 2.36. The third-order valence-electron chi connectivity index (χ3n) is 5.03. The summed E-state index contributed by atoms with van der Waals surface area (Å²) in [5.41, 5.74) is -1.08. The van der Waals surface area contributed by atoms with Crippen LogP contribution in [0.5, 0.6) is 0 Å². The van der Waals surface area contributed by atoms with Crippen LogP contribution in [0.1, 0.15) is 22.5 Å². The van der Waals surface area contributed by atoms with Gasteiger partial charge in [0.05, 0.1) is 24.2 Å². The molecule has 0 unspecified atom stereocenters. The Morgan fingerprint density at radius 3 is 2.41 bits per heavy atom. The topological polar surface area (TPSA) is 35.3 Å². The maximum atomic E-state index is 13.6. The van der Waals surface area contributed by atoms with Gasteiger partial charge in [0.1, 0.15) is 5.69 Å². The van der Waals surface area contributed by atoms with Gasteiger partial charge in [-0.2, -0.15) is 26.3 Å². The number of rotatable bonds is 3. The number of hydrogen-bond acceptors (Lipinski definition) is 2. The first kappa shape index (κ1) is 21.5. The number of nitrogens with zero attached hydrogens (tertiary/aromatic N) is 3. The molecule has 0 atom stereocenters. The Kier molecular flexibility index (Phi) is 5.00. The molecule has 2 heterocycles. The van der Waals surface area contributed by atoms with Crippen LogP contribution >= 0.6 is 0 Å². The zero-order valence-electron chi connectivity index (χ0n) is 16.3. The van der Waals surface area contributed by atoms with E-state index in [1.807, 2.05) is 0 Å². The lowest BCUT2D eigenvalue weighted by molar-refractivity contribution is -0.137. The zero-order chi connectivity index (χ0) is 23.3. The molecule has 0 aliphatic heterocycles. The molecule has 4 aromatic rings. The van der Waals surface area contributed by atoms with Gasteiger partial charge >= 0.3 is 12.4 Å². The molecule has 0 bridgehead atoms. The van der Waals surface area contributed by atoms with Gasteiger partial charge < -0.3 is 9.09 Å². The van der Waals surface area contributed by atoms with Crippen LogP contribution in [0.25, 0.3) is 27.1 Å². The Bertz CT molecular complexity index is 1350. The lowest BCUT2D eigenvalue weighted by Crippen LogP contribution is -2.06. The fourth-order valence-electron chi connectivity index (χ4n) is 3.59. The van der Waals surface area contributed by atoms with Crippen molar-refractivity contribution < 1.29 is 30.9 Å². The summed E-state index contributed by atoms with van der Waals surface area (Å²) in [6.07, 6.45) is -9.22. The molecule has 0 aliphatic carbocycles. The minimum atomic E-state index is -4.71. The Balaban J connectivity index is 1.73. The van der Waals surface area contributed by atoms with Gasteiger partial charge in [-0.05, 0) is 31.2 Å². The molecular weight excluding hydrogens is 436 g/mol. The zero-order valence-corrected chi connectivity index (χ0v) is 16.3. The van der Waals surface area contributed by atoms with Gasteiger partial charge in [0.25, 0.3) is 0 Å². The first-order valence-corrected chi connectivity index (χ1v) is 9.20. The van der Waals surface area contributed by atoms with Crippen LogP contribution < -0.4 is 0 Å². The van der Waals surface area contributed by atoms with E-state index in [1.54, 1.807) is 11.5 Å². The maximum absolute atomic E-state index is 13.6. The summed E-state index contributed by atoms with van der Waals surface area (Å²) in [4.78, 5) is 2.98. The molecule has 0 saturated heterocycles. The number of benzene rings is 2. The standard InChI is InChI=1S/C22H13F6N3O/c1-12-8-16-18(7-6-17(29-2)20(16)22(26,27)28)31(12)11-15-10-19(32-30-15)13-4-3-5-14(9-13)21(23,24)25/h3-10H,11H2,1H3. The number of hydrogen-bond donors (Lipinski definition) is 0. The molecule has 0 spiro atoms. The molecule has 0 amide bonds. The SMILES string of the molecule is [C-]#[N+]c1ccc2c(cc(C)n2Cc2cc(-c3cccc(C(F)(F)F)c3)on2)c1C(F)(F)F. The van der Waals surface area contributed by atoms with Crippen molar-refractivity contribution in [3.05, 3.63) is 82.5 Å². The second-order valence-electron chi connectivity index (χ2n) is 7.13. The van der Waals surface area contributed by atoms with E-state index in [2.05, 4.69) is 10.0 Å². The van der Waals surface area contributed by atoms with Gasteiger partial charge in [0, 0.05) is 28.2 Å². The van der Waals surface area contributed by atoms with E-state index >= 15 is 0 Å². The summed E-state index contributed by atoms with van der Waals surface area (Å²) in [6, 6.07) is 9.89. The van der Waals surface area contributed by atoms with Crippen molar-refractivity contribution in [2.24, 2.45) is 0 Å². The Labute approximate surface area is 177 Å². The summed E-state index contributed by atoms with van der Waals surface area (Å²) < 4.78 is 86.4. The molecule has 2 aromatic carbocycles. The van der Waals surface area contributed by atoms with E-state index < -0.39 is 29.2 Å². The first-order chi connectivity index (χ1) is 15.0. The minimum absolute atomic E-state index is 0.0342. The molecule has 2 aromatic heterocycles. The summed E-state index contributed by atoms with van der Waals surface area (Å²) in [5.74, 6) is 0.103. The first-order valence-electron chi connectivity index (χ1n) is 9.20. The van der Waals surface area contributed by atoms with Crippen LogP contribution in [0.4, 0.5) is 32.0 Å². The van der Waals surface area contributed by atoms with Gasteiger partial charge in [-0.15, -0.1) is 0 Å². The van der Waals surface area contributed by atoms with E-state index in [-0.39, 0.29) is 28.8 Å². The highest BCUT2D eigenvalue weighted by Crippen LogP contribution is 2.42. The number of alkyl halides is 6. The quantitative estimate of drug-likeness (QED) is 0.244. The average Bonchev–Trinajstić information content (AvgIpc) is 3.31. The molecule has 164 valence electrons. The van der Waals surface area contributed by atoms with Crippen LogP contribution in [0.3, 0.4) is 0 Å². The Morgan fingerprint density at radius 1 is 1.00 bits per heavy atom. The molecule has 0 N–H and O–H groups in total. The van der Waals surface area contributed by atoms with Gasteiger partial charge in [-0.1, -0.05) is 23.4 Å². The molecule has 0 radical (unpaired) electrons. The van der Waals surface area contributed by atoms with E-state index in [9.17, 15) is 26.3 Å². The van der Waals surface area contributed by atoms with Gasteiger partial charge in [0.15, 0.2) is 11.4 Å². The third kappa shape index (κ3) is 3.82. The van der Waals surface area contributed by atoms with Crippen molar-refractivity contribution >= 4 is 16.6 Å². The molecule has 10 heteroatoms. The molecule has 0 aliphatic rings. The van der Waals surface area contributed by atoms with Crippen molar-refractivity contribution in [1.82, 2.24) is 9.72 Å². The average molecular weight is 449 g/mol. The predicted molar refractivity (Wildman–Crippen MR) is 104 cm³/mol. The largest absolute Gasteiger partial charge is 0.416 e. The number of halogens is 6. The molecule has 32 heavy (non-hydrogen) atoms. The lowest BCUT2D eigenvalue weighted by atomic mass is 10.1. The minimum Gasteiger partial charge on any atom is -0.356 e. The van der Waals surface area contributed by atoms with Gasteiger partial charge in [-0.25, -0.2) is 4.85 Å². The second-order valence-corrected chi connectivity index (χ2v) is 7.13. The fourth-order valence-corrected chi connectivity index (χ4v) is 3.59. The van der Waals surface area contributed by atoms with E-state index in [0.29, 0.717) is 11.4 Å². The highest BCUT2D eigenvalue weighted by molar-refractivity contribution is 5.90. The summed E-state index contributed by atoms with van der Waals surface area (Å²) >= 11 is 0. The fraction of sp³-hybridized carbons (Fsp3) is 0.182. The number of aryl methyl sites for hydroxylation is 1. The van der Waals surface area contributed by atoms with E-state index in [1.165, 1.54) is 30.3 Å². The van der Waals surface area contributed by atoms with E-state index in [0.717, 1.165) is 18.2 Å². The third-order valence-corrected chi connectivity index (χ3v) is 5.03. The van der Waals surface area contributed by atoms with Crippen LogP contribution in [-0.2, 0) is 18.9 Å². The maximum Gasteiger partial charge on any atom is 0.416 e. The molecule has 4 nitrogen and oxygen atoms in total.